The minimum atomic E-state index is -0.762. The Morgan fingerprint density at radius 2 is 1.94 bits per heavy atom. The third kappa shape index (κ3) is 2.32. The van der Waals surface area contributed by atoms with Gasteiger partial charge in [-0.25, -0.2) is 0 Å². The molecule has 0 aliphatic carbocycles. The average Bonchev–Trinajstić information content (AvgIpc) is 3.14. The van der Waals surface area contributed by atoms with Crippen molar-refractivity contribution in [1.29, 1.82) is 0 Å². The van der Waals surface area contributed by atoms with Gasteiger partial charge in [-0.05, 0) is 5.56 Å². The minimum absolute atomic E-state index is 0.153. The zero-order chi connectivity index (χ0) is 11.5. The van der Waals surface area contributed by atoms with Gasteiger partial charge in [0.1, 0.15) is 6.10 Å². The van der Waals surface area contributed by atoms with Gasteiger partial charge in [-0.1, -0.05) is 36.4 Å². The van der Waals surface area contributed by atoms with Gasteiger partial charge in [0, 0.05) is 5.92 Å². The van der Waals surface area contributed by atoms with Crippen LogP contribution in [0.5, 0.6) is 0 Å². The van der Waals surface area contributed by atoms with Crippen LogP contribution in [0.15, 0.2) is 43.0 Å². The topological polar surface area (TPSA) is 53.0 Å². The van der Waals surface area contributed by atoms with Crippen LogP contribution < -0.4 is 0 Å². The second-order valence-electron chi connectivity index (χ2n) is 4.03. The molecule has 1 heterocycles. The lowest BCUT2D eigenvalue weighted by Gasteiger charge is -2.25. The van der Waals surface area contributed by atoms with E-state index in [1.165, 1.54) is 6.08 Å². The molecule has 1 saturated heterocycles. The van der Waals surface area contributed by atoms with E-state index in [9.17, 15) is 10.2 Å². The molecule has 0 aromatic heterocycles. The highest BCUT2D eigenvalue weighted by Crippen LogP contribution is 2.31. The van der Waals surface area contributed by atoms with Crippen LogP contribution in [0.2, 0.25) is 0 Å². The maximum Gasteiger partial charge on any atom is 0.107 e. The molecular weight excluding hydrogens is 204 g/mol. The summed E-state index contributed by atoms with van der Waals surface area (Å²) in [5, 5.41) is 20.0. The van der Waals surface area contributed by atoms with E-state index in [-0.39, 0.29) is 12.0 Å². The number of benzene rings is 1. The summed E-state index contributed by atoms with van der Waals surface area (Å²) in [5.41, 5.74) is 0.901. The summed E-state index contributed by atoms with van der Waals surface area (Å²) in [5.74, 6) is -0.369. The molecule has 4 atom stereocenters. The van der Waals surface area contributed by atoms with Crippen LogP contribution >= 0.6 is 0 Å². The van der Waals surface area contributed by atoms with Crippen LogP contribution in [0.4, 0.5) is 0 Å². The summed E-state index contributed by atoms with van der Waals surface area (Å²) in [6.45, 7) is 4.13. The van der Waals surface area contributed by atoms with Crippen molar-refractivity contribution in [3.8, 4) is 0 Å². The number of rotatable bonds is 5. The summed E-state index contributed by atoms with van der Waals surface area (Å²) in [7, 11) is 0. The lowest BCUT2D eigenvalue weighted by atomic mass is 9.87. The van der Waals surface area contributed by atoms with E-state index in [0.29, 0.717) is 6.61 Å². The molecule has 1 aromatic carbocycles. The SMILES string of the molecule is C=C[C@@H](O)[C@H](c1ccccc1)[C@@H](O)[C@H]1CO1. The van der Waals surface area contributed by atoms with Crippen LogP contribution in [0.3, 0.4) is 0 Å². The molecule has 2 N–H and O–H groups in total. The Morgan fingerprint density at radius 1 is 1.31 bits per heavy atom. The van der Waals surface area contributed by atoms with Gasteiger partial charge in [-0.3, -0.25) is 0 Å². The van der Waals surface area contributed by atoms with E-state index in [1.54, 1.807) is 0 Å². The first-order valence-electron chi connectivity index (χ1n) is 5.39. The third-order valence-electron chi connectivity index (χ3n) is 2.90. The Hall–Kier alpha value is -1.16. The molecule has 0 amide bonds. The molecular formula is C13H16O3. The predicted molar refractivity (Wildman–Crippen MR) is 61.1 cm³/mol. The van der Waals surface area contributed by atoms with Gasteiger partial charge in [-0.2, -0.15) is 0 Å². The fourth-order valence-electron chi connectivity index (χ4n) is 1.90. The Bertz CT molecular complexity index is 345. The molecule has 16 heavy (non-hydrogen) atoms. The Morgan fingerprint density at radius 3 is 2.44 bits per heavy atom. The van der Waals surface area contributed by atoms with Crippen molar-refractivity contribution < 1.29 is 14.9 Å². The van der Waals surface area contributed by atoms with Gasteiger partial charge in [-0.15, -0.1) is 6.58 Å². The number of aliphatic hydroxyl groups excluding tert-OH is 2. The smallest absolute Gasteiger partial charge is 0.107 e. The van der Waals surface area contributed by atoms with Gasteiger partial charge in [0.05, 0.1) is 18.8 Å². The molecule has 3 heteroatoms. The third-order valence-corrected chi connectivity index (χ3v) is 2.90. The lowest BCUT2D eigenvalue weighted by Crippen LogP contribution is -2.32. The first-order valence-corrected chi connectivity index (χ1v) is 5.39. The van der Waals surface area contributed by atoms with Crippen LogP contribution in [0, 0.1) is 0 Å². The maximum absolute atomic E-state index is 10.1. The second-order valence-corrected chi connectivity index (χ2v) is 4.03. The van der Waals surface area contributed by atoms with E-state index in [4.69, 9.17) is 4.74 Å². The van der Waals surface area contributed by atoms with Crippen molar-refractivity contribution in [2.75, 3.05) is 6.61 Å². The summed E-state index contributed by atoms with van der Waals surface area (Å²) < 4.78 is 5.07. The average molecular weight is 220 g/mol. The highest BCUT2D eigenvalue weighted by molar-refractivity contribution is 5.24. The van der Waals surface area contributed by atoms with Crippen molar-refractivity contribution in [3.63, 3.8) is 0 Å². The van der Waals surface area contributed by atoms with Gasteiger partial charge in [0.15, 0.2) is 0 Å². The van der Waals surface area contributed by atoms with Crippen LogP contribution in [-0.2, 0) is 4.74 Å². The fourth-order valence-corrected chi connectivity index (χ4v) is 1.90. The molecule has 1 fully saturated rings. The number of aliphatic hydroxyl groups is 2. The van der Waals surface area contributed by atoms with E-state index in [1.807, 2.05) is 30.3 Å². The second kappa shape index (κ2) is 4.78. The fraction of sp³-hybridized carbons (Fsp3) is 0.385. The molecule has 86 valence electrons. The van der Waals surface area contributed by atoms with E-state index >= 15 is 0 Å². The highest BCUT2D eigenvalue weighted by Gasteiger charge is 2.39. The molecule has 3 nitrogen and oxygen atoms in total. The van der Waals surface area contributed by atoms with E-state index in [0.717, 1.165) is 5.56 Å². The van der Waals surface area contributed by atoms with E-state index < -0.39 is 12.2 Å². The zero-order valence-electron chi connectivity index (χ0n) is 8.99. The first kappa shape index (κ1) is 11.3. The van der Waals surface area contributed by atoms with Gasteiger partial charge >= 0.3 is 0 Å². The predicted octanol–water partition coefficient (Wildman–Crippen LogP) is 1.08. The van der Waals surface area contributed by atoms with E-state index in [2.05, 4.69) is 6.58 Å². The summed E-state index contributed by atoms with van der Waals surface area (Å²) in [6, 6.07) is 9.46. The molecule has 1 aromatic rings. The summed E-state index contributed by atoms with van der Waals surface area (Å²) in [6.07, 6.45) is -0.152. The van der Waals surface area contributed by atoms with Crippen molar-refractivity contribution in [3.05, 3.63) is 48.6 Å². The quantitative estimate of drug-likeness (QED) is 0.576. The summed E-state index contributed by atoms with van der Waals surface area (Å²) >= 11 is 0. The molecule has 0 saturated carbocycles. The van der Waals surface area contributed by atoms with Crippen LogP contribution in [-0.4, -0.2) is 35.1 Å². The zero-order valence-corrected chi connectivity index (χ0v) is 8.99. The van der Waals surface area contributed by atoms with Crippen molar-refractivity contribution in [2.24, 2.45) is 0 Å². The van der Waals surface area contributed by atoms with Gasteiger partial charge in [0.2, 0.25) is 0 Å². The van der Waals surface area contributed by atoms with Gasteiger partial charge < -0.3 is 14.9 Å². The molecule has 0 unspecified atom stereocenters. The molecule has 2 rings (SSSR count). The molecule has 1 aliphatic heterocycles. The Labute approximate surface area is 95.0 Å². The van der Waals surface area contributed by atoms with Crippen LogP contribution in [0.25, 0.3) is 0 Å². The largest absolute Gasteiger partial charge is 0.390 e. The van der Waals surface area contributed by atoms with Crippen molar-refractivity contribution in [1.82, 2.24) is 0 Å². The normalized spacial score (nSPS) is 24.5. The number of hydrogen-bond acceptors (Lipinski definition) is 3. The van der Waals surface area contributed by atoms with Crippen molar-refractivity contribution in [2.45, 2.75) is 24.2 Å². The number of ether oxygens (including phenoxy) is 1. The van der Waals surface area contributed by atoms with Crippen molar-refractivity contribution >= 4 is 0 Å². The molecule has 0 radical (unpaired) electrons. The number of epoxide rings is 1. The Balaban J connectivity index is 2.23. The molecule has 1 aliphatic rings. The summed E-state index contributed by atoms with van der Waals surface area (Å²) in [4.78, 5) is 0. The monoisotopic (exact) mass is 220 g/mol. The minimum Gasteiger partial charge on any atom is -0.390 e. The lowest BCUT2D eigenvalue weighted by molar-refractivity contribution is 0.0556. The standard InChI is InChI=1S/C13H16O3/c1-2-10(14)12(13(15)11-8-16-11)9-6-4-3-5-7-9/h2-7,10-15H,1,8H2/t10-,11-,12+,13+/m1/s1. The van der Waals surface area contributed by atoms with Crippen LogP contribution in [0.1, 0.15) is 11.5 Å². The molecule has 0 spiro atoms. The molecule has 0 bridgehead atoms. The number of hydrogen-bond donors (Lipinski definition) is 2. The first-order chi connectivity index (χ1) is 7.74. The Kier molecular flexibility index (Phi) is 3.39. The maximum atomic E-state index is 10.1. The van der Waals surface area contributed by atoms with Gasteiger partial charge in [0.25, 0.3) is 0 Å². The highest BCUT2D eigenvalue weighted by atomic mass is 16.6.